The summed E-state index contributed by atoms with van der Waals surface area (Å²) in [6, 6.07) is 0. The zero-order valence-electron chi connectivity index (χ0n) is 10.4. The number of carbonyl (C=O) groups is 1. The fourth-order valence-corrected chi connectivity index (χ4v) is 1.10. The van der Waals surface area contributed by atoms with Crippen molar-refractivity contribution in [2.75, 3.05) is 13.7 Å². The zero-order valence-corrected chi connectivity index (χ0v) is 10.4. The highest BCUT2D eigenvalue weighted by Gasteiger charge is 2.13. The molecule has 8 heteroatoms. The molecule has 1 rings (SSSR count). The first-order valence-corrected chi connectivity index (χ1v) is 5.40. The first-order chi connectivity index (χ1) is 8.71. The van der Waals surface area contributed by atoms with Crippen LogP contribution in [0.25, 0.3) is 0 Å². The van der Waals surface area contributed by atoms with Gasteiger partial charge in [-0.05, 0) is 18.3 Å². The van der Waals surface area contributed by atoms with Crippen molar-refractivity contribution in [3.05, 3.63) is 30.5 Å². The highest BCUT2D eigenvalue weighted by Crippen LogP contribution is 1.95. The van der Waals surface area contributed by atoms with Gasteiger partial charge < -0.3 is 15.4 Å². The zero-order chi connectivity index (χ0) is 13.4. The molecule has 0 unspecified atom stereocenters. The Kier molecular flexibility index (Phi) is 5.36. The fraction of sp³-hybridized carbons (Fsp3) is 0.400. The van der Waals surface area contributed by atoms with Crippen LogP contribution >= 0.6 is 0 Å². The second kappa shape index (κ2) is 7.05. The van der Waals surface area contributed by atoms with E-state index in [1.807, 2.05) is 0 Å². The lowest BCUT2D eigenvalue weighted by atomic mass is 10.4. The van der Waals surface area contributed by atoms with Gasteiger partial charge in [-0.3, -0.25) is 0 Å². The van der Waals surface area contributed by atoms with Crippen LogP contribution in [0.3, 0.4) is 0 Å². The SMILES string of the molecule is C=CN/C=C(/Cn1nnc(C(=O)OCC)n1)NC. The molecule has 0 radical (unpaired) electrons. The summed E-state index contributed by atoms with van der Waals surface area (Å²) in [5, 5.41) is 17.1. The van der Waals surface area contributed by atoms with Crippen molar-refractivity contribution in [3.8, 4) is 0 Å². The number of ether oxygens (including phenoxy) is 1. The van der Waals surface area contributed by atoms with Gasteiger partial charge in [-0.25, -0.2) is 4.79 Å². The number of nitrogens with zero attached hydrogens (tertiary/aromatic N) is 4. The number of allylic oxidation sites excluding steroid dienone is 1. The minimum absolute atomic E-state index is 0.0519. The molecule has 0 amide bonds. The molecule has 0 bridgehead atoms. The Morgan fingerprint density at radius 1 is 1.61 bits per heavy atom. The molecule has 2 N–H and O–H groups in total. The van der Waals surface area contributed by atoms with E-state index in [2.05, 4.69) is 32.6 Å². The molecule has 1 aromatic rings. The highest BCUT2D eigenvalue weighted by molar-refractivity contribution is 5.84. The van der Waals surface area contributed by atoms with Crippen LogP contribution in [0.1, 0.15) is 17.5 Å². The van der Waals surface area contributed by atoms with Gasteiger partial charge in [0, 0.05) is 13.2 Å². The van der Waals surface area contributed by atoms with Crippen LogP contribution < -0.4 is 10.6 Å². The molecule has 0 aliphatic rings. The summed E-state index contributed by atoms with van der Waals surface area (Å²) in [6.07, 6.45) is 3.25. The van der Waals surface area contributed by atoms with Gasteiger partial charge in [-0.2, -0.15) is 4.80 Å². The number of likely N-dealkylation sites (N-methyl/N-ethyl adjacent to an activating group) is 1. The van der Waals surface area contributed by atoms with Crippen LogP contribution in [-0.4, -0.2) is 39.8 Å². The molecule has 0 fully saturated rings. The molecule has 98 valence electrons. The first-order valence-electron chi connectivity index (χ1n) is 5.40. The molecular weight excluding hydrogens is 236 g/mol. The first kappa shape index (κ1) is 13.7. The van der Waals surface area contributed by atoms with Crippen molar-refractivity contribution in [3.63, 3.8) is 0 Å². The van der Waals surface area contributed by atoms with E-state index in [0.29, 0.717) is 6.54 Å². The maximum Gasteiger partial charge on any atom is 0.380 e. The Hall–Kier alpha value is -2.38. The Morgan fingerprint density at radius 3 is 3.00 bits per heavy atom. The Bertz CT molecular complexity index is 439. The third kappa shape index (κ3) is 3.89. The number of aromatic nitrogens is 4. The molecule has 0 atom stereocenters. The molecule has 1 aromatic heterocycles. The quantitative estimate of drug-likeness (QED) is 0.640. The summed E-state index contributed by atoms with van der Waals surface area (Å²) >= 11 is 0. The maximum atomic E-state index is 11.3. The number of nitrogens with one attached hydrogen (secondary N) is 2. The van der Waals surface area contributed by atoms with E-state index < -0.39 is 5.97 Å². The number of tetrazole rings is 1. The Labute approximate surface area is 105 Å². The van der Waals surface area contributed by atoms with Crippen molar-refractivity contribution >= 4 is 5.97 Å². The average molecular weight is 252 g/mol. The lowest BCUT2D eigenvalue weighted by molar-refractivity contribution is 0.0511. The van der Waals surface area contributed by atoms with Gasteiger partial charge in [0.15, 0.2) is 0 Å². The molecular formula is C10H16N6O2. The fourth-order valence-electron chi connectivity index (χ4n) is 1.10. The van der Waals surface area contributed by atoms with Crippen molar-refractivity contribution in [1.29, 1.82) is 0 Å². The van der Waals surface area contributed by atoms with Crippen LogP contribution in [-0.2, 0) is 11.3 Å². The van der Waals surface area contributed by atoms with E-state index in [9.17, 15) is 4.79 Å². The molecule has 0 saturated heterocycles. The monoisotopic (exact) mass is 252 g/mol. The minimum atomic E-state index is -0.581. The highest BCUT2D eigenvalue weighted by atomic mass is 16.5. The van der Waals surface area contributed by atoms with E-state index in [1.54, 1.807) is 20.2 Å². The molecule has 0 aliphatic heterocycles. The van der Waals surface area contributed by atoms with Crippen LogP contribution in [0, 0.1) is 0 Å². The smallest absolute Gasteiger partial charge is 0.380 e. The van der Waals surface area contributed by atoms with E-state index in [0.717, 1.165) is 5.70 Å². The van der Waals surface area contributed by atoms with Gasteiger partial charge in [0.2, 0.25) is 0 Å². The molecule has 0 aliphatic carbocycles. The summed E-state index contributed by atoms with van der Waals surface area (Å²) in [6.45, 7) is 5.87. The van der Waals surface area contributed by atoms with E-state index in [4.69, 9.17) is 4.74 Å². The standard InChI is InChI=1S/C10H16N6O2/c1-4-12-6-8(11-3)7-16-14-9(13-15-16)10(17)18-5-2/h4,6,11-12H,1,5,7H2,2-3H3/b8-6-. The lowest BCUT2D eigenvalue weighted by Gasteiger charge is -2.04. The van der Waals surface area contributed by atoms with Gasteiger partial charge in [0.05, 0.1) is 12.3 Å². The van der Waals surface area contributed by atoms with Gasteiger partial charge in [0.1, 0.15) is 6.54 Å². The molecule has 8 nitrogen and oxygen atoms in total. The van der Waals surface area contributed by atoms with E-state index >= 15 is 0 Å². The number of hydrogen-bond acceptors (Lipinski definition) is 7. The largest absolute Gasteiger partial charge is 0.460 e. The van der Waals surface area contributed by atoms with Gasteiger partial charge in [-0.1, -0.05) is 6.58 Å². The number of esters is 1. The molecule has 0 saturated carbocycles. The summed E-state index contributed by atoms with van der Waals surface area (Å²) in [4.78, 5) is 12.6. The number of rotatable bonds is 7. The van der Waals surface area contributed by atoms with Crippen molar-refractivity contribution in [2.45, 2.75) is 13.5 Å². The third-order valence-electron chi connectivity index (χ3n) is 1.92. The van der Waals surface area contributed by atoms with E-state index in [-0.39, 0.29) is 12.4 Å². The predicted octanol–water partition coefficient (Wildman–Crippen LogP) is -0.356. The summed E-state index contributed by atoms with van der Waals surface area (Å²) in [7, 11) is 1.76. The van der Waals surface area contributed by atoms with Crippen LogP contribution in [0.15, 0.2) is 24.7 Å². The summed E-state index contributed by atoms with van der Waals surface area (Å²) in [5.74, 6) is -0.632. The second-order valence-corrected chi connectivity index (χ2v) is 3.15. The van der Waals surface area contributed by atoms with Gasteiger partial charge >= 0.3 is 5.97 Å². The minimum Gasteiger partial charge on any atom is -0.460 e. The molecule has 0 spiro atoms. The Balaban J connectivity index is 2.68. The van der Waals surface area contributed by atoms with Crippen LogP contribution in [0.5, 0.6) is 0 Å². The predicted molar refractivity (Wildman–Crippen MR) is 64.2 cm³/mol. The maximum absolute atomic E-state index is 11.3. The van der Waals surface area contributed by atoms with Crippen molar-refractivity contribution < 1.29 is 9.53 Å². The summed E-state index contributed by atoms with van der Waals surface area (Å²) in [5.41, 5.74) is 0.808. The van der Waals surface area contributed by atoms with Crippen molar-refractivity contribution in [2.24, 2.45) is 0 Å². The normalized spacial score (nSPS) is 10.9. The molecule has 0 aromatic carbocycles. The van der Waals surface area contributed by atoms with Crippen LogP contribution in [0.4, 0.5) is 0 Å². The lowest BCUT2D eigenvalue weighted by Crippen LogP contribution is -2.17. The Morgan fingerprint density at radius 2 is 2.39 bits per heavy atom. The van der Waals surface area contributed by atoms with Crippen LogP contribution in [0.2, 0.25) is 0 Å². The number of hydrogen-bond donors (Lipinski definition) is 2. The average Bonchev–Trinajstić information content (AvgIpc) is 2.83. The second-order valence-electron chi connectivity index (χ2n) is 3.15. The topological polar surface area (TPSA) is 94.0 Å². The third-order valence-corrected chi connectivity index (χ3v) is 1.92. The van der Waals surface area contributed by atoms with Gasteiger partial charge in [0.25, 0.3) is 5.82 Å². The molecule has 1 heterocycles. The summed E-state index contributed by atoms with van der Waals surface area (Å²) < 4.78 is 4.76. The molecule has 18 heavy (non-hydrogen) atoms. The van der Waals surface area contributed by atoms with Gasteiger partial charge in [-0.15, -0.1) is 10.2 Å². The number of carbonyl (C=O) groups excluding carboxylic acids is 1. The van der Waals surface area contributed by atoms with Crippen molar-refractivity contribution in [1.82, 2.24) is 30.8 Å². The van der Waals surface area contributed by atoms with E-state index in [1.165, 1.54) is 11.0 Å².